The van der Waals surface area contributed by atoms with E-state index in [9.17, 15) is 24.8 Å². The third-order valence-corrected chi connectivity index (χ3v) is 4.46. The molecule has 0 unspecified atom stereocenters. The minimum atomic E-state index is -0.602. The zero-order valence-corrected chi connectivity index (χ0v) is 13.8. The summed E-state index contributed by atoms with van der Waals surface area (Å²) >= 11 is 0.716. The van der Waals surface area contributed by atoms with Crippen LogP contribution in [-0.4, -0.2) is 21.2 Å². The Balaban J connectivity index is 1.97. The van der Waals surface area contributed by atoms with Crippen LogP contribution in [0.15, 0.2) is 47.4 Å². The number of hydrogen-bond donors (Lipinski definition) is 1. The molecule has 0 saturated carbocycles. The van der Waals surface area contributed by atoms with Crippen LogP contribution in [0.5, 0.6) is 5.75 Å². The molecule has 8 heteroatoms. The maximum atomic E-state index is 12.5. The van der Waals surface area contributed by atoms with E-state index in [1.807, 2.05) is 6.92 Å². The number of phenols is 1. The number of aryl methyl sites for hydroxylation is 1. The Morgan fingerprint density at radius 2 is 1.84 bits per heavy atom. The third kappa shape index (κ3) is 3.24. The van der Waals surface area contributed by atoms with Gasteiger partial charge in [0.05, 0.1) is 15.5 Å². The molecular weight excluding hydrogens is 344 g/mol. The van der Waals surface area contributed by atoms with Crippen molar-refractivity contribution in [2.24, 2.45) is 0 Å². The van der Waals surface area contributed by atoms with Crippen LogP contribution < -0.4 is 4.90 Å². The number of nitrogens with zero attached hydrogens (tertiary/aromatic N) is 2. The van der Waals surface area contributed by atoms with Gasteiger partial charge >= 0.3 is 0 Å². The Bertz CT molecular complexity index is 921. The van der Waals surface area contributed by atoms with Crippen LogP contribution in [-0.2, 0) is 4.79 Å². The highest BCUT2D eigenvalue weighted by Crippen LogP contribution is 2.37. The van der Waals surface area contributed by atoms with E-state index in [-0.39, 0.29) is 21.9 Å². The highest BCUT2D eigenvalue weighted by molar-refractivity contribution is 8.19. The monoisotopic (exact) mass is 356 g/mol. The Morgan fingerprint density at radius 1 is 1.16 bits per heavy atom. The summed E-state index contributed by atoms with van der Waals surface area (Å²) in [5.74, 6) is -0.752. The predicted octanol–water partition coefficient (Wildman–Crippen LogP) is 3.85. The molecule has 0 bridgehead atoms. The van der Waals surface area contributed by atoms with Crippen molar-refractivity contribution >= 4 is 40.4 Å². The number of nitro groups is 1. The van der Waals surface area contributed by atoms with Gasteiger partial charge in [0.25, 0.3) is 16.8 Å². The summed E-state index contributed by atoms with van der Waals surface area (Å²) in [6.07, 6.45) is 1.28. The van der Waals surface area contributed by atoms with Crippen molar-refractivity contribution in [3.05, 3.63) is 68.6 Å². The Labute approximate surface area is 146 Å². The number of hydrogen-bond acceptors (Lipinski definition) is 6. The number of imide groups is 1. The van der Waals surface area contributed by atoms with Gasteiger partial charge in [0.1, 0.15) is 5.75 Å². The fraction of sp³-hybridized carbons (Fsp3) is 0.0588. The van der Waals surface area contributed by atoms with E-state index >= 15 is 0 Å². The Kier molecular flexibility index (Phi) is 4.28. The lowest BCUT2D eigenvalue weighted by atomic mass is 10.1. The fourth-order valence-electron chi connectivity index (χ4n) is 2.30. The summed E-state index contributed by atoms with van der Waals surface area (Å²) < 4.78 is 0. The molecule has 126 valence electrons. The van der Waals surface area contributed by atoms with Crippen molar-refractivity contribution in [1.82, 2.24) is 0 Å². The Hall–Kier alpha value is -3.13. The first-order chi connectivity index (χ1) is 11.9. The molecule has 0 aromatic heterocycles. The number of non-ortho nitro benzene ring substituents is 1. The SMILES string of the molecule is Cc1ccc(N2C(=O)SC(=Cc3cc([N+](=O)[O-])ccc3O)C2=O)cc1. The molecule has 1 aliphatic rings. The van der Waals surface area contributed by atoms with Gasteiger partial charge in [0.15, 0.2) is 0 Å². The first kappa shape index (κ1) is 16.7. The predicted molar refractivity (Wildman–Crippen MR) is 94.4 cm³/mol. The Morgan fingerprint density at radius 3 is 2.48 bits per heavy atom. The van der Waals surface area contributed by atoms with Crippen LogP contribution >= 0.6 is 11.8 Å². The summed E-state index contributed by atoms with van der Waals surface area (Å²) in [5, 5.41) is 20.2. The number of aromatic hydroxyl groups is 1. The third-order valence-electron chi connectivity index (χ3n) is 3.59. The molecule has 1 aliphatic heterocycles. The number of rotatable bonds is 3. The van der Waals surface area contributed by atoms with E-state index in [1.54, 1.807) is 24.3 Å². The number of phenolic OH excluding ortho intramolecular Hbond substituents is 1. The van der Waals surface area contributed by atoms with Gasteiger partial charge in [-0.25, -0.2) is 4.90 Å². The zero-order valence-electron chi connectivity index (χ0n) is 13.0. The van der Waals surface area contributed by atoms with Gasteiger partial charge in [-0.3, -0.25) is 19.7 Å². The first-order valence-corrected chi connectivity index (χ1v) is 8.00. The van der Waals surface area contributed by atoms with Crippen molar-refractivity contribution in [3.63, 3.8) is 0 Å². The molecule has 7 nitrogen and oxygen atoms in total. The normalized spacial score (nSPS) is 15.9. The van der Waals surface area contributed by atoms with Crippen molar-refractivity contribution in [2.75, 3.05) is 4.90 Å². The second-order valence-electron chi connectivity index (χ2n) is 5.35. The molecule has 1 N–H and O–H groups in total. The summed E-state index contributed by atoms with van der Waals surface area (Å²) in [6.45, 7) is 1.89. The molecule has 2 amide bonds. The number of carbonyl (C=O) groups excluding carboxylic acids is 2. The van der Waals surface area contributed by atoms with E-state index in [0.717, 1.165) is 22.6 Å². The number of carbonyl (C=O) groups is 2. The van der Waals surface area contributed by atoms with Crippen LogP contribution in [0.2, 0.25) is 0 Å². The minimum Gasteiger partial charge on any atom is -0.507 e. The maximum Gasteiger partial charge on any atom is 0.298 e. The summed E-state index contributed by atoms with van der Waals surface area (Å²) in [6, 6.07) is 10.4. The van der Waals surface area contributed by atoms with Crippen molar-refractivity contribution in [2.45, 2.75) is 6.92 Å². The average Bonchev–Trinajstić information content (AvgIpc) is 2.84. The molecule has 3 rings (SSSR count). The molecule has 0 atom stereocenters. The number of benzene rings is 2. The van der Waals surface area contributed by atoms with Crippen molar-refractivity contribution < 1.29 is 19.6 Å². The number of nitro benzene ring substituents is 1. The number of amides is 2. The number of thioether (sulfide) groups is 1. The highest BCUT2D eigenvalue weighted by Gasteiger charge is 2.36. The van der Waals surface area contributed by atoms with Gasteiger partial charge in [0.2, 0.25) is 0 Å². The zero-order chi connectivity index (χ0) is 18.1. The van der Waals surface area contributed by atoms with Crippen molar-refractivity contribution in [3.8, 4) is 5.75 Å². The summed E-state index contributed by atoms with van der Waals surface area (Å²) in [5.41, 5.74) is 1.32. The lowest BCUT2D eigenvalue weighted by molar-refractivity contribution is -0.384. The smallest absolute Gasteiger partial charge is 0.298 e. The molecule has 0 spiro atoms. The summed E-state index contributed by atoms with van der Waals surface area (Å²) in [7, 11) is 0. The van der Waals surface area contributed by atoms with E-state index < -0.39 is 16.1 Å². The molecule has 1 heterocycles. The van der Waals surface area contributed by atoms with Crippen LogP contribution in [0.4, 0.5) is 16.2 Å². The van der Waals surface area contributed by atoms with E-state index in [4.69, 9.17) is 0 Å². The van der Waals surface area contributed by atoms with Crippen LogP contribution in [0.1, 0.15) is 11.1 Å². The minimum absolute atomic E-state index is 0.0846. The van der Waals surface area contributed by atoms with Gasteiger partial charge in [-0.2, -0.15) is 0 Å². The largest absolute Gasteiger partial charge is 0.507 e. The first-order valence-electron chi connectivity index (χ1n) is 7.19. The molecule has 25 heavy (non-hydrogen) atoms. The van der Waals surface area contributed by atoms with Gasteiger partial charge in [0, 0.05) is 17.7 Å². The van der Waals surface area contributed by atoms with E-state index in [1.165, 1.54) is 12.1 Å². The van der Waals surface area contributed by atoms with Gasteiger partial charge in [-0.05, 0) is 43.0 Å². The highest BCUT2D eigenvalue weighted by atomic mass is 32.2. The standard InChI is InChI=1S/C17H12N2O5S/c1-10-2-4-12(5-3-10)18-16(21)15(25-17(18)22)9-11-8-13(19(23)24)6-7-14(11)20/h2-9,20H,1H3. The topological polar surface area (TPSA) is 101 Å². The van der Waals surface area contributed by atoms with Gasteiger partial charge in [-0.15, -0.1) is 0 Å². The van der Waals surface area contributed by atoms with Crippen molar-refractivity contribution in [1.29, 1.82) is 0 Å². The molecule has 2 aromatic carbocycles. The second-order valence-corrected chi connectivity index (χ2v) is 6.35. The molecule has 1 saturated heterocycles. The molecule has 0 radical (unpaired) electrons. The molecule has 0 aliphatic carbocycles. The van der Waals surface area contributed by atoms with Gasteiger partial charge in [-0.1, -0.05) is 17.7 Å². The quantitative estimate of drug-likeness (QED) is 0.509. The molecule has 1 fully saturated rings. The van der Waals surface area contributed by atoms with E-state index in [2.05, 4.69) is 0 Å². The maximum absolute atomic E-state index is 12.5. The second kappa shape index (κ2) is 6.40. The lowest BCUT2D eigenvalue weighted by Gasteiger charge is -2.12. The molecule has 2 aromatic rings. The average molecular weight is 356 g/mol. The van der Waals surface area contributed by atoms with E-state index in [0.29, 0.717) is 17.4 Å². The molecular formula is C17H12N2O5S. The lowest BCUT2D eigenvalue weighted by Crippen LogP contribution is -2.27. The summed E-state index contributed by atoms with van der Waals surface area (Å²) in [4.78, 5) is 36.1. The van der Waals surface area contributed by atoms with Crippen LogP contribution in [0.3, 0.4) is 0 Å². The fourth-order valence-corrected chi connectivity index (χ4v) is 3.13. The number of anilines is 1. The van der Waals surface area contributed by atoms with Crippen LogP contribution in [0, 0.1) is 17.0 Å². The van der Waals surface area contributed by atoms with Crippen LogP contribution in [0.25, 0.3) is 6.08 Å². The van der Waals surface area contributed by atoms with Gasteiger partial charge < -0.3 is 5.11 Å².